The number of anilines is 1. The number of ether oxygens (including phenoxy) is 1. The van der Waals surface area contributed by atoms with Gasteiger partial charge in [-0.3, -0.25) is 9.78 Å². The van der Waals surface area contributed by atoms with Crippen LogP contribution in [0.5, 0.6) is 5.75 Å². The monoisotopic (exact) mass is 423 g/mol. The highest BCUT2D eigenvalue weighted by atomic mass is 35.5. The molecular formula is C20H14ClN5O4. The summed E-state index contributed by atoms with van der Waals surface area (Å²) in [4.78, 5) is 29.7. The van der Waals surface area contributed by atoms with E-state index in [1.165, 1.54) is 18.3 Å². The number of aromatic amines is 1. The van der Waals surface area contributed by atoms with Crippen molar-refractivity contribution in [2.45, 2.75) is 0 Å². The summed E-state index contributed by atoms with van der Waals surface area (Å²) in [6.45, 7) is -0.527. The molecule has 0 unspecified atom stereocenters. The highest BCUT2D eigenvalue weighted by Gasteiger charge is 2.13. The summed E-state index contributed by atoms with van der Waals surface area (Å²) in [7, 11) is 0. The van der Waals surface area contributed by atoms with E-state index in [1.807, 2.05) is 6.07 Å². The number of carboxylic acid groups (broad SMARTS) is 1. The topological polar surface area (TPSA) is 140 Å². The molecule has 0 aliphatic heterocycles. The van der Waals surface area contributed by atoms with Crippen molar-refractivity contribution in [3.63, 3.8) is 0 Å². The number of H-pyrrole nitrogens is 1. The van der Waals surface area contributed by atoms with Crippen molar-refractivity contribution in [2.24, 2.45) is 5.10 Å². The van der Waals surface area contributed by atoms with E-state index in [0.29, 0.717) is 16.1 Å². The second-order valence-corrected chi connectivity index (χ2v) is 6.29. The number of rotatable bonds is 7. The van der Waals surface area contributed by atoms with Gasteiger partial charge in [-0.05, 0) is 18.2 Å². The van der Waals surface area contributed by atoms with Gasteiger partial charge in [0.15, 0.2) is 6.61 Å². The van der Waals surface area contributed by atoms with Crippen LogP contribution in [0.25, 0.3) is 11.3 Å². The third-order valence-corrected chi connectivity index (χ3v) is 4.01. The minimum atomic E-state index is -1.13. The van der Waals surface area contributed by atoms with Crippen LogP contribution in [0.3, 0.4) is 0 Å². The van der Waals surface area contributed by atoms with Gasteiger partial charge in [0.2, 0.25) is 5.95 Å². The third-order valence-electron chi connectivity index (χ3n) is 3.78. The van der Waals surface area contributed by atoms with E-state index in [4.69, 9.17) is 21.4 Å². The first-order valence-corrected chi connectivity index (χ1v) is 8.89. The number of nitrogens with one attached hydrogen (secondary N) is 2. The van der Waals surface area contributed by atoms with Crippen molar-refractivity contribution < 1.29 is 14.6 Å². The summed E-state index contributed by atoms with van der Waals surface area (Å²) in [5, 5.41) is 22.5. The first-order valence-electron chi connectivity index (χ1n) is 8.51. The Morgan fingerprint density at radius 2 is 2.10 bits per heavy atom. The van der Waals surface area contributed by atoms with Crippen LogP contribution in [0, 0.1) is 11.3 Å². The largest absolute Gasteiger partial charge is 0.481 e. The molecule has 10 heteroatoms. The normalized spacial score (nSPS) is 10.5. The second kappa shape index (κ2) is 9.36. The average Bonchev–Trinajstić information content (AvgIpc) is 2.73. The number of hydrazone groups is 1. The first kappa shape index (κ1) is 20.6. The van der Waals surface area contributed by atoms with Crippen LogP contribution in [0.1, 0.15) is 11.1 Å². The molecule has 3 aromatic rings. The zero-order valence-electron chi connectivity index (χ0n) is 15.3. The second-order valence-electron chi connectivity index (χ2n) is 5.85. The number of carbonyl (C=O) groups is 1. The molecule has 150 valence electrons. The lowest BCUT2D eigenvalue weighted by Crippen LogP contribution is -2.16. The molecule has 3 rings (SSSR count). The van der Waals surface area contributed by atoms with Crippen LogP contribution < -0.4 is 15.7 Å². The van der Waals surface area contributed by atoms with Gasteiger partial charge in [0.25, 0.3) is 5.56 Å². The van der Waals surface area contributed by atoms with Gasteiger partial charge in [0.1, 0.15) is 17.4 Å². The molecule has 0 aliphatic carbocycles. The maximum atomic E-state index is 12.2. The predicted molar refractivity (Wildman–Crippen MR) is 111 cm³/mol. The number of hydrogen-bond donors (Lipinski definition) is 3. The summed E-state index contributed by atoms with van der Waals surface area (Å²) in [6.07, 6.45) is 1.34. The zero-order valence-corrected chi connectivity index (χ0v) is 16.1. The Morgan fingerprint density at radius 1 is 1.33 bits per heavy atom. The molecule has 3 N–H and O–H groups in total. The average molecular weight is 424 g/mol. The van der Waals surface area contributed by atoms with Crippen LogP contribution >= 0.6 is 11.6 Å². The number of halogens is 1. The molecule has 0 saturated carbocycles. The molecular weight excluding hydrogens is 410 g/mol. The molecule has 0 bridgehead atoms. The lowest BCUT2D eigenvalue weighted by molar-refractivity contribution is -0.139. The third kappa shape index (κ3) is 5.01. The summed E-state index contributed by atoms with van der Waals surface area (Å²) in [5.41, 5.74) is 3.09. The Morgan fingerprint density at radius 3 is 2.80 bits per heavy atom. The Hall–Kier alpha value is -4.16. The van der Waals surface area contributed by atoms with E-state index in [9.17, 15) is 14.9 Å². The van der Waals surface area contributed by atoms with Gasteiger partial charge >= 0.3 is 5.97 Å². The number of nitrogens with zero attached hydrogens (tertiary/aromatic N) is 3. The van der Waals surface area contributed by atoms with Gasteiger partial charge in [-0.15, -0.1) is 0 Å². The van der Waals surface area contributed by atoms with Crippen LogP contribution in [-0.4, -0.2) is 33.9 Å². The first-order chi connectivity index (χ1) is 14.5. The maximum Gasteiger partial charge on any atom is 0.341 e. The molecule has 0 aliphatic rings. The summed E-state index contributed by atoms with van der Waals surface area (Å²) < 4.78 is 5.20. The van der Waals surface area contributed by atoms with E-state index >= 15 is 0 Å². The molecule has 0 spiro atoms. The van der Waals surface area contributed by atoms with Crippen molar-refractivity contribution in [3.05, 3.63) is 75.0 Å². The van der Waals surface area contributed by atoms with E-state index < -0.39 is 18.1 Å². The van der Waals surface area contributed by atoms with Crippen molar-refractivity contribution in [1.82, 2.24) is 9.97 Å². The molecule has 0 atom stereocenters. The Bertz CT molecular complexity index is 1200. The Balaban J connectivity index is 1.88. The lowest BCUT2D eigenvalue weighted by atomic mass is 10.1. The highest BCUT2D eigenvalue weighted by molar-refractivity contribution is 6.30. The summed E-state index contributed by atoms with van der Waals surface area (Å²) >= 11 is 5.97. The smallest absolute Gasteiger partial charge is 0.341 e. The molecule has 30 heavy (non-hydrogen) atoms. The molecule has 0 amide bonds. The minimum absolute atomic E-state index is 0.0177. The Labute approximate surface area is 175 Å². The van der Waals surface area contributed by atoms with E-state index in [0.717, 1.165) is 0 Å². The van der Waals surface area contributed by atoms with Crippen molar-refractivity contribution in [3.8, 4) is 23.1 Å². The van der Waals surface area contributed by atoms with Crippen molar-refractivity contribution in [1.29, 1.82) is 5.26 Å². The van der Waals surface area contributed by atoms with E-state index in [-0.39, 0.29) is 23.0 Å². The van der Waals surface area contributed by atoms with Crippen molar-refractivity contribution in [2.75, 3.05) is 12.0 Å². The number of hydrogen-bond acceptors (Lipinski definition) is 7. The van der Waals surface area contributed by atoms with E-state index in [1.54, 1.807) is 36.4 Å². The number of aromatic nitrogens is 2. The van der Waals surface area contributed by atoms with Crippen molar-refractivity contribution >= 4 is 29.7 Å². The van der Waals surface area contributed by atoms with Crippen LogP contribution in [0.15, 0.2) is 58.4 Å². The summed E-state index contributed by atoms with van der Waals surface area (Å²) in [6, 6.07) is 15.3. The number of carboxylic acids is 1. The molecule has 9 nitrogen and oxygen atoms in total. The molecule has 0 radical (unpaired) electrons. The number of nitriles is 1. The Kier molecular flexibility index (Phi) is 6.42. The van der Waals surface area contributed by atoms with Crippen LogP contribution in [0.4, 0.5) is 5.95 Å². The predicted octanol–water partition coefficient (Wildman–Crippen LogP) is 2.87. The van der Waals surface area contributed by atoms with Crippen LogP contribution in [-0.2, 0) is 4.79 Å². The van der Waals surface area contributed by atoms with Crippen LogP contribution in [0.2, 0.25) is 5.02 Å². The fourth-order valence-electron chi connectivity index (χ4n) is 2.49. The fraction of sp³-hybridized carbons (Fsp3) is 0.0500. The minimum Gasteiger partial charge on any atom is -0.481 e. The fourth-order valence-corrected chi connectivity index (χ4v) is 2.67. The van der Waals surface area contributed by atoms with Gasteiger partial charge in [0, 0.05) is 16.1 Å². The van der Waals surface area contributed by atoms with Gasteiger partial charge in [-0.2, -0.15) is 10.4 Å². The standard InChI is InChI=1S/C20H14ClN5O4/c21-14-6-7-16(30-11-17(27)28)13(8-14)10-23-26-20-24-18(12-4-2-1-3-5-12)15(9-22)19(29)25-20/h1-8,10H,11H2,(H,27,28)(H2,24,25,26,29). The number of aliphatic carboxylic acids is 1. The molecule has 0 fully saturated rings. The molecule has 2 aromatic carbocycles. The van der Waals surface area contributed by atoms with Gasteiger partial charge in [-0.25, -0.2) is 15.2 Å². The highest BCUT2D eigenvalue weighted by Crippen LogP contribution is 2.22. The van der Waals surface area contributed by atoms with E-state index in [2.05, 4.69) is 20.5 Å². The lowest BCUT2D eigenvalue weighted by Gasteiger charge is -2.08. The zero-order chi connectivity index (χ0) is 21.5. The maximum absolute atomic E-state index is 12.2. The molecule has 1 heterocycles. The van der Waals surface area contributed by atoms with Gasteiger partial charge in [-0.1, -0.05) is 41.9 Å². The SMILES string of the molecule is N#Cc1c(-c2ccccc2)nc(NN=Cc2cc(Cl)ccc2OCC(=O)O)[nH]c1=O. The molecule has 1 aromatic heterocycles. The molecule has 0 saturated heterocycles. The summed E-state index contributed by atoms with van der Waals surface area (Å²) in [5.74, 6) is -0.846. The quantitative estimate of drug-likeness (QED) is 0.392. The van der Waals surface area contributed by atoms with Gasteiger partial charge in [0.05, 0.1) is 11.9 Å². The number of benzene rings is 2. The van der Waals surface area contributed by atoms with Gasteiger partial charge < -0.3 is 9.84 Å².